The van der Waals surface area contributed by atoms with Crippen molar-refractivity contribution in [2.75, 3.05) is 19.5 Å². The van der Waals surface area contributed by atoms with E-state index in [-0.39, 0.29) is 11.5 Å². The lowest BCUT2D eigenvalue weighted by Crippen LogP contribution is -2.43. The number of nitrogens with one attached hydrogen (secondary N) is 1. The standard InChI is InChI=1S/C26H26ClNO6/c1-14-22-18(7-8-19-23(22)17(29)13-26(34-19)9-5-4-6-10-26)33-24(14)25(30)28-16-11-15(27)20(31-2)12-21(16)32-3/h7-8,11-12H,4-6,9-10,13H2,1-3H3,(H,28,30). The van der Waals surface area contributed by atoms with Crippen molar-refractivity contribution in [3.05, 3.63) is 46.2 Å². The number of ketones is 1. The van der Waals surface area contributed by atoms with E-state index in [1.54, 1.807) is 31.2 Å². The fraction of sp³-hybridized carbons (Fsp3) is 0.385. The van der Waals surface area contributed by atoms with Crippen LogP contribution in [0.25, 0.3) is 11.0 Å². The van der Waals surface area contributed by atoms with E-state index in [1.807, 2.05) is 0 Å². The Bertz CT molecular complexity index is 1300. The van der Waals surface area contributed by atoms with Gasteiger partial charge in [0, 0.05) is 17.0 Å². The lowest BCUT2D eigenvalue weighted by atomic mass is 9.78. The minimum atomic E-state index is -0.477. The van der Waals surface area contributed by atoms with Crippen LogP contribution in [0.15, 0.2) is 28.7 Å². The van der Waals surface area contributed by atoms with Crippen molar-refractivity contribution in [3.63, 3.8) is 0 Å². The number of Topliss-reactive ketones (excluding diaryl/α,β-unsaturated/α-hetero) is 1. The fourth-order valence-corrected chi connectivity index (χ4v) is 5.40. The molecule has 0 saturated heterocycles. The van der Waals surface area contributed by atoms with E-state index >= 15 is 0 Å². The molecule has 2 heterocycles. The largest absolute Gasteiger partial charge is 0.495 e. The van der Waals surface area contributed by atoms with Crippen molar-refractivity contribution in [2.24, 2.45) is 0 Å². The number of methoxy groups -OCH3 is 2. The number of furan rings is 1. The van der Waals surface area contributed by atoms with Gasteiger partial charge in [0.2, 0.25) is 0 Å². The molecule has 2 aliphatic rings. The number of carbonyl (C=O) groups excluding carboxylic acids is 2. The second-order valence-electron chi connectivity index (χ2n) is 8.95. The lowest BCUT2D eigenvalue weighted by Gasteiger charge is -2.40. The highest BCUT2D eigenvalue weighted by atomic mass is 35.5. The Balaban J connectivity index is 1.51. The Morgan fingerprint density at radius 3 is 2.53 bits per heavy atom. The maximum atomic E-state index is 13.3. The summed E-state index contributed by atoms with van der Waals surface area (Å²) in [5.41, 5.74) is 1.52. The van der Waals surface area contributed by atoms with Gasteiger partial charge in [-0.3, -0.25) is 9.59 Å². The molecule has 1 aliphatic carbocycles. The molecule has 178 valence electrons. The van der Waals surface area contributed by atoms with Crippen LogP contribution in [-0.2, 0) is 0 Å². The monoisotopic (exact) mass is 483 g/mol. The SMILES string of the molecule is COc1cc(OC)c(NC(=O)c2oc3ccc4c(c3c2C)C(=O)CC2(CCCCC2)O4)cc1Cl. The summed E-state index contributed by atoms with van der Waals surface area (Å²) < 4.78 is 22.9. The second-order valence-corrected chi connectivity index (χ2v) is 9.36. The summed E-state index contributed by atoms with van der Waals surface area (Å²) in [6.07, 6.45) is 5.44. The molecule has 1 N–H and O–H groups in total. The highest BCUT2D eigenvalue weighted by molar-refractivity contribution is 6.32. The normalized spacial score (nSPS) is 16.8. The minimum absolute atomic E-state index is 0.0354. The number of fused-ring (bicyclic) bond motifs is 3. The molecule has 34 heavy (non-hydrogen) atoms. The number of halogens is 1. The Kier molecular flexibility index (Phi) is 5.68. The average molecular weight is 484 g/mol. The number of benzene rings is 2. The van der Waals surface area contributed by atoms with Crippen LogP contribution in [0, 0.1) is 6.92 Å². The van der Waals surface area contributed by atoms with Gasteiger partial charge in [-0.05, 0) is 50.8 Å². The highest BCUT2D eigenvalue weighted by Crippen LogP contribution is 2.45. The zero-order valence-corrected chi connectivity index (χ0v) is 20.1. The number of amides is 1. The first-order chi connectivity index (χ1) is 16.4. The van der Waals surface area contributed by atoms with Gasteiger partial charge in [0.15, 0.2) is 11.5 Å². The Morgan fingerprint density at radius 1 is 1.09 bits per heavy atom. The predicted molar refractivity (Wildman–Crippen MR) is 129 cm³/mol. The molecule has 0 radical (unpaired) electrons. The first-order valence-corrected chi connectivity index (χ1v) is 11.7. The molecule has 0 unspecified atom stereocenters. The van der Waals surface area contributed by atoms with Crippen LogP contribution >= 0.6 is 11.6 Å². The van der Waals surface area contributed by atoms with Crippen LogP contribution in [0.1, 0.15) is 65.0 Å². The van der Waals surface area contributed by atoms with Crippen LogP contribution < -0.4 is 19.5 Å². The number of ether oxygens (including phenoxy) is 3. The molecule has 1 aromatic heterocycles. The third-order valence-corrected chi connectivity index (χ3v) is 7.13. The summed E-state index contributed by atoms with van der Waals surface area (Å²) in [4.78, 5) is 26.5. The fourth-order valence-electron chi connectivity index (χ4n) is 5.16. The number of rotatable bonds is 4. The molecule has 1 saturated carbocycles. The van der Waals surface area contributed by atoms with Crippen molar-refractivity contribution in [1.29, 1.82) is 0 Å². The Labute approximate surface area is 202 Å². The van der Waals surface area contributed by atoms with Gasteiger partial charge in [0.05, 0.1) is 36.9 Å². The molecule has 1 aliphatic heterocycles. The van der Waals surface area contributed by atoms with Crippen LogP contribution in [-0.4, -0.2) is 31.5 Å². The quantitative estimate of drug-likeness (QED) is 0.466. The summed E-state index contributed by atoms with van der Waals surface area (Å²) >= 11 is 6.23. The molecular weight excluding hydrogens is 458 g/mol. The van der Waals surface area contributed by atoms with Crippen molar-refractivity contribution in [3.8, 4) is 17.2 Å². The summed E-state index contributed by atoms with van der Waals surface area (Å²) in [6.45, 7) is 1.78. The lowest BCUT2D eigenvalue weighted by molar-refractivity contribution is 0.0139. The Hall–Kier alpha value is -3.19. The number of anilines is 1. The third-order valence-electron chi connectivity index (χ3n) is 6.84. The first kappa shape index (κ1) is 22.6. The van der Waals surface area contributed by atoms with E-state index in [9.17, 15) is 9.59 Å². The molecule has 8 heteroatoms. The zero-order valence-electron chi connectivity index (χ0n) is 19.4. The number of hydrogen-bond acceptors (Lipinski definition) is 6. The Morgan fingerprint density at radius 2 is 1.82 bits per heavy atom. The van der Waals surface area contributed by atoms with E-state index in [4.69, 9.17) is 30.2 Å². The molecule has 7 nitrogen and oxygen atoms in total. The number of carbonyl (C=O) groups is 2. The van der Waals surface area contributed by atoms with Crippen LogP contribution in [0.4, 0.5) is 5.69 Å². The van der Waals surface area contributed by atoms with Crippen molar-refractivity contribution >= 4 is 39.9 Å². The van der Waals surface area contributed by atoms with Gasteiger partial charge in [-0.1, -0.05) is 18.0 Å². The summed E-state index contributed by atoms with van der Waals surface area (Å²) in [6, 6.07) is 6.69. The van der Waals surface area contributed by atoms with Crippen LogP contribution in [0.2, 0.25) is 5.02 Å². The van der Waals surface area contributed by atoms with Crippen molar-refractivity contribution in [1.82, 2.24) is 0 Å². The minimum Gasteiger partial charge on any atom is -0.495 e. The van der Waals surface area contributed by atoms with E-state index in [1.165, 1.54) is 20.6 Å². The molecule has 1 spiro atoms. The van der Waals surface area contributed by atoms with E-state index in [0.29, 0.717) is 56.5 Å². The summed E-state index contributed by atoms with van der Waals surface area (Å²) in [5, 5.41) is 3.75. The molecule has 1 fully saturated rings. The van der Waals surface area contributed by atoms with Gasteiger partial charge in [0.1, 0.15) is 28.4 Å². The molecule has 2 aromatic carbocycles. The van der Waals surface area contributed by atoms with Gasteiger partial charge >= 0.3 is 0 Å². The average Bonchev–Trinajstić information content (AvgIpc) is 3.16. The molecule has 0 bridgehead atoms. The molecule has 0 atom stereocenters. The topological polar surface area (TPSA) is 87.0 Å². The molecule has 1 amide bonds. The van der Waals surface area contributed by atoms with E-state index in [0.717, 1.165) is 25.7 Å². The van der Waals surface area contributed by atoms with Crippen LogP contribution in [0.3, 0.4) is 0 Å². The van der Waals surface area contributed by atoms with E-state index in [2.05, 4.69) is 5.32 Å². The van der Waals surface area contributed by atoms with Crippen LogP contribution in [0.5, 0.6) is 17.2 Å². The van der Waals surface area contributed by atoms with Gasteiger partial charge in [0.25, 0.3) is 5.91 Å². The summed E-state index contributed by atoms with van der Waals surface area (Å²) in [5.74, 6) is 1.07. The third kappa shape index (κ3) is 3.68. The highest BCUT2D eigenvalue weighted by Gasteiger charge is 2.42. The van der Waals surface area contributed by atoms with Gasteiger partial charge in [-0.15, -0.1) is 0 Å². The first-order valence-electron chi connectivity index (χ1n) is 11.4. The zero-order chi connectivity index (χ0) is 24.0. The van der Waals surface area contributed by atoms with Crippen molar-refractivity contribution < 1.29 is 28.2 Å². The van der Waals surface area contributed by atoms with Gasteiger partial charge in [-0.25, -0.2) is 0 Å². The maximum Gasteiger partial charge on any atom is 0.291 e. The second kappa shape index (κ2) is 8.55. The molecule has 3 aromatic rings. The molecular formula is C26H26ClNO6. The predicted octanol–water partition coefficient (Wildman–Crippen LogP) is 6.33. The summed E-state index contributed by atoms with van der Waals surface area (Å²) in [7, 11) is 2.99. The van der Waals surface area contributed by atoms with Crippen molar-refractivity contribution in [2.45, 2.75) is 51.0 Å². The molecule has 5 rings (SSSR count). The van der Waals surface area contributed by atoms with Gasteiger partial charge in [-0.2, -0.15) is 0 Å². The van der Waals surface area contributed by atoms with E-state index < -0.39 is 11.5 Å². The number of hydrogen-bond donors (Lipinski definition) is 1. The van der Waals surface area contributed by atoms with Gasteiger partial charge < -0.3 is 23.9 Å². The maximum absolute atomic E-state index is 13.3. The number of aryl methyl sites for hydroxylation is 1. The smallest absolute Gasteiger partial charge is 0.291 e.